The highest BCUT2D eigenvalue weighted by Crippen LogP contribution is 2.43. The van der Waals surface area contributed by atoms with Gasteiger partial charge in [0.05, 0.1) is 27.8 Å². The third-order valence-corrected chi connectivity index (χ3v) is 12.5. The molecule has 0 saturated heterocycles. The molecule has 2 aromatic heterocycles. The van der Waals surface area contributed by atoms with Crippen LogP contribution in [0.4, 0.5) is 0 Å². The second kappa shape index (κ2) is 14.8. The Labute approximate surface area is 360 Å². The predicted molar refractivity (Wildman–Crippen MR) is 262 cm³/mol. The number of para-hydroxylation sites is 2. The third-order valence-electron chi connectivity index (χ3n) is 12.5. The van der Waals surface area contributed by atoms with E-state index in [-0.39, 0.29) is 0 Å². The van der Waals surface area contributed by atoms with E-state index >= 15 is 0 Å². The van der Waals surface area contributed by atoms with Crippen LogP contribution in [0.5, 0.6) is 0 Å². The second-order valence-corrected chi connectivity index (χ2v) is 16.1. The maximum absolute atomic E-state index is 2.48. The summed E-state index contributed by atoms with van der Waals surface area (Å²) < 4.78 is 4.89. The standard InChI is InChI=1S/C60H40N2/c1-5-17-41(18-6-1)44-23-15-24-48(37-44)50-34-31-47(42-19-7-2-8-20-42)40-59(50)62-55-29-14-13-27-52(55)53-38-45(32-35-56(53)62)46-33-36-57-54(39-46)60-51(43-21-9-3-10-22-43)28-16-30-58(60)61(57)49-25-11-4-12-26-49/h1-40H. The Morgan fingerprint density at radius 1 is 0.226 bits per heavy atom. The minimum absolute atomic E-state index is 1.15. The van der Waals surface area contributed by atoms with Crippen LogP contribution in [-0.2, 0) is 0 Å². The van der Waals surface area contributed by atoms with Crippen molar-refractivity contribution >= 4 is 43.6 Å². The molecule has 0 amide bonds. The van der Waals surface area contributed by atoms with Crippen molar-refractivity contribution in [2.45, 2.75) is 0 Å². The summed E-state index contributed by atoms with van der Waals surface area (Å²) >= 11 is 0. The van der Waals surface area contributed by atoms with Gasteiger partial charge in [-0.1, -0.05) is 182 Å². The number of hydrogen-bond acceptors (Lipinski definition) is 0. The molecule has 2 heteroatoms. The Bertz CT molecular complexity index is 3600. The lowest BCUT2D eigenvalue weighted by atomic mass is 9.95. The van der Waals surface area contributed by atoms with Gasteiger partial charge in [0.25, 0.3) is 0 Å². The van der Waals surface area contributed by atoms with E-state index in [1.54, 1.807) is 0 Å². The number of aromatic nitrogens is 2. The van der Waals surface area contributed by atoms with Gasteiger partial charge >= 0.3 is 0 Å². The van der Waals surface area contributed by atoms with Crippen LogP contribution in [0.2, 0.25) is 0 Å². The summed E-state index contributed by atoms with van der Waals surface area (Å²) in [5.74, 6) is 0. The predicted octanol–water partition coefficient (Wildman–Crippen LogP) is 16.2. The molecule has 0 bridgehead atoms. The Kier molecular flexibility index (Phi) is 8.53. The highest BCUT2D eigenvalue weighted by molar-refractivity contribution is 6.17. The van der Waals surface area contributed by atoms with Crippen molar-refractivity contribution in [2.75, 3.05) is 0 Å². The molecule has 0 aliphatic carbocycles. The van der Waals surface area contributed by atoms with Gasteiger partial charge in [0, 0.05) is 32.8 Å². The smallest absolute Gasteiger partial charge is 0.0547 e. The average Bonchev–Trinajstić information content (AvgIpc) is 3.87. The van der Waals surface area contributed by atoms with Crippen molar-refractivity contribution in [1.29, 1.82) is 0 Å². The number of hydrogen-bond donors (Lipinski definition) is 0. The minimum atomic E-state index is 1.15. The molecule has 2 nitrogen and oxygen atoms in total. The van der Waals surface area contributed by atoms with Gasteiger partial charge in [-0.25, -0.2) is 0 Å². The minimum Gasteiger partial charge on any atom is -0.309 e. The lowest BCUT2D eigenvalue weighted by Gasteiger charge is -2.17. The van der Waals surface area contributed by atoms with Crippen LogP contribution in [0.1, 0.15) is 0 Å². The first-order valence-corrected chi connectivity index (χ1v) is 21.3. The van der Waals surface area contributed by atoms with Crippen molar-refractivity contribution in [3.8, 4) is 67.0 Å². The van der Waals surface area contributed by atoms with Gasteiger partial charge < -0.3 is 9.13 Å². The first kappa shape index (κ1) is 35.7. The van der Waals surface area contributed by atoms with Crippen LogP contribution < -0.4 is 0 Å². The van der Waals surface area contributed by atoms with Crippen molar-refractivity contribution in [3.63, 3.8) is 0 Å². The molecule has 0 spiro atoms. The first-order chi connectivity index (χ1) is 30.8. The molecule has 2 heterocycles. The van der Waals surface area contributed by atoms with E-state index in [9.17, 15) is 0 Å². The zero-order valence-electron chi connectivity index (χ0n) is 34.0. The quantitative estimate of drug-likeness (QED) is 0.152. The molecule has 0 saturated carbocycles. The monoisotopic (exact) mass is 788 g/mol. The van der Waals surface area contributed by atoms with Crippen LogP contribution >= 0.6 is 0 Å². The van der Waals surface area contributed by atoms with Crippen LogP contribution in [0, 0.1) is 0 Å². The topological polar surface area (TPSA) is 9.86 Å². The molecule has 62 heavy (non-hydrogen) atoms. The van der Waals surface area contributed by atoms with E-state index in [2.05, 4.69) is 252 Å². The summed E-state index contributed by atoms with van der Waals surface area (Å²) in [7, 11) is 0. The number of nitrogens with zero attached hydrogens (tertiary/aromatic N) is 2. The van der Waals surface area contributed by atoms with Crippen LogP contribution in [0.15, 0.2) is 243 Å². The molecular formula is C60H40N2. The first-order valence-electron chi connectivity index (χ1n) is 21.3. The fourth-order valence-electron chi connectivity index (χ4n) is 9.64. The van der Waals surface area contributed by atoms with Gasteiger partial charge in [-0.15, -0.1) is 0 Å². The summed E-state index contributed by atoms with van der Waals surface area (Å²) in [6.07, 6.45) is 0. The van der Waals surface area contributed by atoms with Gasteiger partial charge in [0.2, 0.25) is 0 Å². The molecule has 12 rings (SSSR count). The molecule has 0 N–H and O–H groups in total. The summed E-state index contributed by atoms with van der Waals surface area (Å²) in [4.78, 5) is 0. The fraction of sp³-hybridized carbons (Fsp3) is 0. The molecule has 0 aliphatic rings. The Balaban J connectivity index is 1.07. The van der Waals surface area contributed by atoms with E-state index in [1.807, 2.05) is 0 Å². The summed E-state index contributed by atoms with van der Waals surface area (Å²) in [6.45, 7) is 0. The SMILES string of the molecule is c1ccc(-c2cccc(-c3ccc(-c4ccccc4)cc3-n3c4ccccc4c4cc(-c5ccc6c(c5)c5c(-c7ccccc7)cccc5n6-c5ccccc5)ccc43)c2)cc1. The summed E-state index contributed by atoms with van der Waals surface area (Å²) in [5.41, 5.74) is 19.0. The maximum Gasteiger partial charge on any atom is 0.0547 e. The second-order valence-electron chi connectivity index (χ2n) is 16.1. The maximum atomic E-state index is 2.48. The van der Waals surface area contributed by atoms with Gasteiger partial charge in [0.1, 0.15) is 0 Å². The lowest BCUT2D eigenvalue weighted by molar-refractivity contribution is 1.18. The third kappa shape index (κ3) is 5.96. The fourth-order valence-corrected chi connectivity index (χ4v) is 9.64. The van der Waals surface area contributed by atoms with E-state index < -0.39 is 0 Å². The molecule has 0 fully saturated rings. The largest absolute Gasteiger partial charge is 0.309 e. The van der Waals surface area contributed by atoms with Crippen LogP contribution in [0.25, 0.3) is 111 Å². The number of rotatable bonds is 7. The molecule has 10 aromatic carbocycles. The summed E-state index contributed by atoms with van der Waals surface area (Å²) in [6, 6.07) is 88.4. The van der Waals surface area contributed by atoms with Crippen molar-refractivity contribution in [3.05, 3.63) is 243 Å². The zero-order chi connectivity index (χ0) is 41.0. The molecule has 0 unspecified atom stereocenters. The van der Waals surface area contributed by atoms with Gasteiger partial charge in [0.15, 0.2) is 0 Å². The van der Waals surface area contributed by atoms with Crippen molar-refractivity contribution in [1.82, 2.24) is 9.13 Å². The Hall–Kier alpha value is -8.20. The normalized spacial score (nSPS) is 11.5. The molecule has 290 valence electrons. The Morgan fingerprint density at radius 2 is 0.710 bits per heavy atom. The average molecular weight is 789 g/mol. The van der Waals surface area contributed by atoms with Gasteiger partial charge in [-0.2, -0.15) is 0 Å². The molecule has 0 radical (unpaired) electrons. The van der Waals surface area contributed by atoms with Crippen LogP contribution in [-0.4, -0.2) is 9.13 Å². The number of fused-ring (bicyclic) bond motifs is 6. The van der Waals surface area contributed by atoms with E-state index in [1.165, 1.54) is 99.2 Å². The van der Waals surface area contributed by atoms with Crippen molar-refractivity contribution in [2.24, 2.45) is 0 Å². The zero-order valence-corrected chi connectivity index (χ0v) is 34.0. The van der Waals surface area contributed by atoms with Gasteiger partial charge in [-0.3, -0.25) is 0 Å². The van der Waals surface area contributed by atoms with Crippen molar-refractivity contribution < 1.29 is 0 Å². The van der Waals surface area contributed by atoms with Crippen LogP contribution in [0.3, 0.4) is 0 Å². The summed E-state index contributed by atoms with van der Waals surface area (Å²) in [5, 5.41) is 4.96. The highest BCUT2D eigenvalue weighted by Gasteiger charge is 2.20. The Morgan fingerprint density at radius 3 is 1.42 bits per heavy atom. The highest BCUT2D eigenvalue weighted by atomic mass is 15.0. The van der Waals surface area contributed by atoms with Gasteiger partial charge in [-0.05, 0) is 111 Å². The molecule has 0 aliphatic heterocycles. The molecule has 0 atom stereocenters. The molecular weight excluding hydrogens is 749 g/mol. The lowest BCUT2D eigenvalue weighted by Crippen LogP contribution is -1.98. The number of benzene rings is 10. The van der Waals surface area contributed by atoms with E-state index in [4.69, 9.17) is 0 Å². The van der Waals surface area contributed by atoms with E-state index in [0.717, 1.165) is 11.4 Å². The van der Waals surface area contributed by atoms with E-state index in [0.29, 0.717) is 0 Å². The molecule has 12 aromatic rings.